The van der Waals surface area contributed by atoms with Gasteiger partial charge in [0, 0.05) is 18.7 Å². The summed E-state index contributed by atoms with van der Waals surface area (Å²) in [5.74, 6) is -0.0620. The predicted molar refractivity (Wildman–Crippen MR) is 120 cm³/mol. The molecule has 1 aliphatic heterocycles. The van der Waals surface area contributed by atoms with Crippen LogP contribution in [0.4, 0.5) is 5.69 Å². The number of hydrogen-bond acceptors (Lipinski definition) is 6. The first-order chi connectivity index (χ1) is 15.4. The summed E-state index contributed by atoms with van der Waals surface area (Å²) >= 11 is 0. The lowest BCUT2D eigenvalue weighted by Gasteiger charge is -2.28. The Bertz CT molecular complexity index is 1160. The zero-order valence-electron chi connectivity index (χ0n) is 17.5. The van der Waals surface area contributed by atoms with E-state index in [-0.39, 0.29) is 23.9 Å². The van der Waals surface area contributed by atoms with Crippen molar-refractivity contribution in [3.05, 3.63) is 106 Å². The molecule has 1 saturated heterocycles. The SMILES string of the molecule is C/C(=N/N1C(=O)CN(Cc2ccccc2)[C@@H]1c1cccc(O)c1)c1ccc([N+](=O)[O-])cc1. The van der Waals surface area contributed by atoms with Crippen LogP contribution in [0.2, 0.25) is 0 Å². The molecule has 0 spiro atoms. The average molecular weight is 430 g/mol. The highest BCUT2D eigenvalue weighted by atomic mass is 16.6. The summed E-state index contributed by atoms with van der Waals surface area (Å²) in [6.45, 7) is 2.47. The first-order valence-electron chi connectivity index (χ1n) is 10.1. The van der Waals surface area contributed by atoms with Crippen LogP contribution >= 0.6 is 0 Å². The quantitative estimate of drug-likeness (QED) is 0.361. The minimum atomic E-state index is -0.497. The average Bonchev–Trinajstić information content (AvgIpc) is 3.08. The molecule has 4 rings (SSSR count). The Balaban J connectivity index is 1.69. The standard InChI is InChI=1S/C24H22N4O4/c1-17(19-10-12-21(13-11-19)28(31)32)25-27-23(30)16-26(15-18-6-3-2-4-7-18)24(27)20-8-5-9-22(29)14-20/h2-14,24,29H,15-16H2,1H3/b25-17-/t24-/m0/s1. The van der Waals surface area contributed by atoms with Gasteiger partial charge in [0.25, 0.3) is 11.6 Å². The Hall–Kier alpha value is -4.04. The monoisotopic (exact) mass is 430 g/mol. The third-order valence-corrected chi connectivity index (χ3v) is 5.32. The molecule has 1 fully saturated rings. The van der Waals surface area contributed by atoms with Crippen molar-refractivity contribution in [3.63, 3.8) is 0 Å². The molecule has 0 radical (unpaired) electrons. The molecule has 0 unspecified atom stereocenters. The van der Waals surface area contributed by atoms with Crippen LogP contribution in [0, 0.1) is 10.1 Å². The van der Waals surface area contributed by atoms with Crippen molar-refractivity contribution in [2.24, 2.45) is 5.10 Å². The number of carbonyl (C=O) groups is 1. The normalized spacial score (nSPS) is 17.0. The summed E-state index contributed by atoms with van der Waals surface area (Å²) in [5.41, 5.74) is 3.03. The fourth-order valence-corrected chi connectivity index (χ4v) is 3.78. The fourth-order valence-electron chi connectivity index (χ4n) is 3.78. The van der Waals surface area contributed by atoms with E-state index in [2.05, 4.69) is 5.10 Å². The fraction of sp³-hybridized carbons (Fsp3) is 0.167. The van der Waals surface area contributed by atoms with Crippen molar-refractivity contribution < 1.29 is 14.8 Å². The van der Waals surface area contributed by atoms with Crippen LogP contribution < -0.4 is 0 Å². The summed E-state index contributed by atoms with van der Waals surface area (Å²) < 4.78 is 0. The summed E-state index contributed by atoms with van der Waals surface area (Å²) in [4.78, 5) is 25.4. The maximum absolute atomic E-state index is 13.0. The van der Waals surface area contributed by atoms with Gasteiger partial charge in [-0.25, -0.2) is 5.01 Å². The van der Waals surface area contributed by atoms with Crippen molar-refractivity contribution in [2.45, 2.75) is 19.6 Å². The molecular weight excluding hydrogens is 408 g/mol. The number of carbonyl (C=O) groups excluding carboxylic acids is 1. The van der Waals surface area contributed by atoms with Crippen LogP contribution in [-0.4, -0.2) is 38.1 Å². The number of nitro groups is 1. The smallest absolute Gasteiger partial charge is 0.269 e. The number of rotatable bonds is 6. The highest BCUT2D eigenvalue weighted by Crippen LogP contribution is 2.34. The molecule has 1 amide bonds. The largest absolute Gasteiger partial charge is 0.508 e. The van der Waals surface area contributed by atoms with E-state index in [1.54, 1.807) is 37.3 Å². The van der Waals surface area contributed by atoms with Gasteiger partial charge in [-0.15, -0.1) is 0 Å². The van der Waals surface area contributed by atoms with Crippen LogP contribution in [0.25, 0.3) is 0 Å². The molecule has 1 atom stereocenters. The molecule has 0 bridgehead atoms. The van der Waals surface area contributed by atoms with Gasteiger partial charge in [-0.3, -0.25) is 19.8 Å². The van der Waals surface area contributed by atoms with E-state index in [0.29, 0.717) is 17.8 Å². The molecule has 8 nitrogen and oxygen atoms in total. The summed E-state index contributed by atoms with van der Waals surface area (Å²) in [7, 11) is 0. The molecule has 0 saturated carbocycles. The zero-order valence-corrected chi connectivity index (χ0v) is 17.5. The molecule has 3 aromatic rings. The van der Waals surface area contributed by atoms with Gasteiger partial charge in [-0.1, -0.05) is 42.5 Å². The van der Waals surface area contributed by atoms with Crippen LogP contribution in [0.15, 0.2) is 84.0 Å². The van der Waals surface area contributed by atoms with Gasteiger partial charge in [0.1, 0.15) is 11.9 Å². The molecule has 0 aliphatic carbocycles. The molecule has 3 aromatic carbocycles. The first kappa shape index (κ1) is 21.2. The maximum Gasteiger partial charge on any atom is 0.269 e. The van der Waals surface area contributed by atoms with E-state index in [4.69, 9.17) is 0 Å². The summed E-state index contributed by atoms with van der Waals surface area (Å²) in [6.07, 6.45) is -0.497. The number of nitrogens with zero attached hydrogens (tertiary/aromatic N) is 4. The number of phenolic OH excluding ortho intramolecular Hbond substituents is 1. The van der Waals surface area contributed by atoms with Crippen LogP contribution in [0.1, 0.15) is 29.8 Å². The minimum Gasteiger partial charge on any atom is -0.508 e. The number of aromatic hydroxyl groups is 1. The lowest BCUT2D eigenvalue weighted by atomic mass is 10.1. The molecule has 1 N–H and O–H groups in total. The summed E-state index contributed by atoms with van der Waals surface area (Å²) in [6, 6.07) is 22.7. The van der Waals surface area contributed by atoms with Gasteiger partial charge in [0.2, 0.25) is 0 Å². The van der Waals surface area contributed by atoms with Gasteiger partial charge in [-0.2, -0.15) is 5.10 Å². The Morgan fingerprint density at radius 1 is 1.09 bits per heavy atom. The van der Waals surface area contributed by atoms with E-state index in [0.717, 1.165) is 11.1 Å². The lowest BCUT2D eigenvalue weighted by molar-refractivity contribution is -0.384. The number of nitro benzene ring substituents is 1. The molecule has 1 heterocycles. The van der Waals surface area contributed by atoms with Crippen molar-refractivity contribution in [1.82, 2.24) is 9.91 Å². The van der Waals surface area contributed by atoms with Crippen LogP contribution in [0.5, 0.6) is 5.75 Å². The highest BCUT2D eigenvalue weighted by Gasteiger charge is 2.39. The lowest BCUT2D eigenvalue weighted by Crippen LogP contribution is -2.29. The van der Waals surface area contributed by atoms with E-state index in [1.807, 2.05) is 41.3 Å². The third-order valence-electron chi connectivity index (χ3n) is 5.32. The second-order valence-corrected chi connectivity index (χ2v) is 7.59. The second-order valence-electron chi connectivity index (χ2n) is 7.59. The Kier molecular flexibility index (Phi) is 5.96. The van der Waals surface area contributed by atoms with Crippen molar-refractivity contribution >= 4 is 17.3 Å². The number of amides is 1. The number of hydrazone groups is 1. The zero-order chi connectivity index (χ0) is 22.7. The van der Waals surface area contributed by atoms with E-state index >= 15 is 0 Å². The topological polar surface area (TPSA) is 99.3 Å². The van der Waals surface area contributed by atoms with Crippen molar-refractivity contribution in [1.29, 1.82) is 0 Å². The van der Waals surface area contributed by atoms with E-state index in [1.165, 1.54) is 17.1 Å². The highest BCUT2D eigenvalue weighted by molar-refractivity contribution is 5.99. The molecule has 162 valence electrons. The Morgan fingerprint density at radius 2 is 1.81 bits per heavy atom. The minimum absolute atomic E-state index is 0.00882. The van der Waals surface area contributed by atoms with Crippen LogP contribution in [0.3, 0.4) is 0 Å². The van der Waals surface area contributed by atoms with Crippen molar-refractivity contribution in [2.75, 3.05) is 6.54 Å². The van der Waals surface area contributed by atoms with Gasteiger partial charge >= 0.3 is 0 Å². The van der Waals surface area contributed by atoms with Gasteiger partial charge in [-0.05, 0) is 47.9 Å². The van der Waals surface area contributed by atoms with E-state index in [9.17, 15) is 20.0 Å². The summed E-state index contributed by atoms with van der Waals surface area (Å²) in [5, 5.41) is 26.9. The molecule has 0 aromatic heterocycles. The number of non-ortho nitro benzene ring substituents is 1. The molecular formula is C24H22N4O4. The third kappa shape index (κ3) is 4.50. The number of hydrogen-bond donors (Lipinski definition) is 1. The first-order valence-corrected chi connectivity index (χ1v) is 10.1. The second kappa shape index (κ2) is 8.99. The predicted octanol–water partition coefficient (Wildman–Crippen LogP) is 4.07. The van der Waals surface area contributed by atoms with Gasteiger partial charge in [0.05, 0.1) is 17.2 Å². The van der Waals surface area contributed by atoms with Crippen molar-refractivity contribution in [3.8, 4) is 5.75 Å². The van der Waals surface area contributed by atoms with Crippen LogP contribution in [-0.2, 0) is 11.3 Å². The molecule has 32 heavy (non-hydrogen) atoms. The Labute approximate surface area is 185 Å². The Morgan fingerprint density at radius 3 is 2.47 bits per heavy atom. The molecule has 8 heteroatoms. The maximum atomic E-state index is 13.0. The van der Waals surface area contributed by atoms with Gasteiger partial charge < -0.3 is 5.11 Å². The molecule has 1 aliphatic rings. The number of benzene rings is 3. The number of phenols is 1. The van der Waals surface area contributed by atoms with Gasteiger partial charge in [0.15, 0.2) is 0 Å². The van der Waals surface area contributed by atoms with E-state index < -0.39 is 11.1 Å².